The molecule has 0 aromatic heterocycles. The highest BCUT2D eigenvalue weighted by Crippen LogP contribution is 2.41. The maximum absolute atomic E-state index is 13.4. The highest BCUT2D eigenvalue weighted by Gasteiger charge is 2.35. The van der Waals surface area contributed by atoms with E-state index in [0.717, 1.165) is 84.0 Å². The molecule has 0 bridgehead atoms. The van der Waals surface area contributed by atoms with Gasteiger partial charge in [-0.2, -0.15) is 0 Å². The molecule has 0 radical (unpaired) electrons. The number of Topliss-reactive ketones (excluding diaryl/α,β-unsaturated/α-hetero) is 2. The number of phenols is 1. The van der Waals surface area contributed by atoms with E-state index in [-0.39, 0.29) is 29.0 Å². The van der Waals surface area contributed by atoms with Crippen LogP contribution in [0.4, 0.5) is 10.1 Å². The number of halogens is 1. The first-order chi connectivity index (χ1) is 29.0. The van der Waals surface area contributed by atoms with Crippen molar-refractivity contribution in [3.63, 3.8) is 0 Å². The van der Waals surface area contributed by atoms with Gasteiger partial charge in [-0.1, -0.05) is 46.8 Å². The van der Waals surface area contributed by atoms with Crippen molar-refractivity contribution in [1.29, 1.82) is 0 Å². The summed E-state index contributed by atoms with van der Waals surface area (Å²) in [4.78, 5) is 40.4. The molecule has 60 heavy (non-hydrogen) atoms. The molecule has 1 aliphatic carbocycles. The zero-order chi connectivity index (χ0) is 43.6. The lowest BCUT2D eigenvalue weighted by molar-refractivity contribution is -0.122. The number of nitrogens with zero attached hydrogens (tertiary/aromatic N) is 2. The highest BCUT2D eigenvalue weighted by atomic mass is 19.1. The molecular weight excluding hydrogens is 758 g/mol. The van der Waals surface area contributed by atoms with Gasteiger partial charge in [0.25, 0.3) is 5.91 Å². The summed E-state index contributed by atoms with van der Waals surface area (Å²) in [7, 11) is 0. The summed E-state index contributed by atoms with van der Waals surface area (Å²) in [6, 6.07) is 24.4. The first-order valence-corrected chi connectivity index (χ1v) is 21.6. The van der Waals surface area contributed by atoms with Gasteiger partial charge in [-0.05, 0) is 155 Å². The van der Waals surface area contributed by atoms with E-state index in [9.17, 15) is 23.9 Å². The Bertz CT molecular complexity index is 2040. The second-order valence-corrected chi connectivity index (χ2v) is 15.0. The molecule has 1 amide bonds. The maximum atomic E-state index is 13.4. The third-order valence-corrected chi connectivity index (χ3v) is 10.3. The van der Waals surface area contributed by atoms with Gasteiger partial charge in [0.1, 0.15) is 34.6 Å². The van der Waals surface area contributed by atoms with Gasteiger partial charge in [-0.3, -0.25) is 9.59 Å². The van der Waals surface area contributed by atoms with Crippen LogP contribution in [-0.2, 0) is 22.6 Å². The Morgan fingerprint density at radius 3 is 2.13 bits per heavy atom. The summed E-state index contributed by atoms with van der Waals surface area (Å²) in [5.74, 6) is 2.02. The summed E-state index contributed by atoms with van der Waals surface area (Å²) in [5.41, 5.74) is 6.39. The SMILES string of the molecule is CC.CCCN(CCC)CCCNc1ccc2c(c1)CN(C(CCC(C)=O)C(C)=O)C2=O.CCCOc1ccc(OC2=C(c3ccc(F)cc3)Cc3cc(O)ccc32)cc1. The lowest BCUT2D eigenvalue weighted by Crippen LogP contribution is -2.40. The Kier molecular flexibility index (Phi) is 18.8. The van der Waals surface area contributed by atoms with Crippen LogP contribution in [0.1, 0.15) is 120 Å². The molecule has 2 aliphatic rings. The number of ether oxygens (including phenoxy) is 2. The molecule has 2 N–H and O–H groups in total. The molecule has 4 aromatic rings. The molecule has 6 rings (SSSR count). The van der Waals surface area contributed by atoms with Crippen molar-refractivity contribution in [3.05, 3.63) is 119 Å². The second-order valence-electron chi connectivity index (χ2n) is 15.0. The predicted molar refractivity (Wildman–Crippen MR) is 240 cm³/mol. The topological polar surface area (TPSA) is 108 Å². The molecule has 9 nitrogen and oxygen atoms in total. The van der Waals surface area contributed by atoms with Gasteiger partial charge in [0.2, 0.25) is 0 Å². The van der Waals surface area contributed by atoms with Gasteiger partial charge in [0, 0.05) is 48.3 Å². The van der Waals surface area contributed by atoms with E-state index < -0.39 is 6.04 Å². The van der Waals surface area contributed by atoms with Crippen LogP contribution in [0, 0.1) is 5.82 Å². The Balaban J connectivity index is 0.000000254. The molecule has 1 atom stereocenters. The number of carbonyl (C=O) groups is 3. The summed E-state index contributed by atoms with van der Waals surface area (Å²) in [6.45, 7) is 18.9. The minimum absolute atomic E-state index is 0.0355. The van der Waals surface area contributed by atoms with Gasteiger partial charge >= 0.3 is 0 Å². The van der Waals surface area contributed by atoms with E-state index in [0.29, 0.717) is 43.7 Å². The molecule has 0 fully saturated rings. The summed E-state index contributed by atoms with van der Waals surface area (Å²) in [6.07, 6.45) is 5.69. The second kappa shape index (κ2) is 23.9. The number of carbonyl (C=O) groups excluding carboxylic acids is 3. The van der Waals surface area contributed by atoms with Gasteiger partial charge in [0.15, 0.2) is 5.78 Å². The zero-order valence-corrected chi connectivity index (χ0v) is 36.6. The van der Waals surface area contributed by atoms with E-state index >= 15 is 0 Å². The van der Waals surface area contributed by atoms with Crippen molar-refractivity contribution in [1.82, 2.24) is 9.80 Å². The number of rotatable bonds is 20. The number of allylic oxidation sites excluding steroid dienone is 1. The van der Waals surface area contributed by atoms with Crippen molar-refractivity contribution in [2.24, 2.45) is 0 Å². The number of benzene rings is 4. The molecule has 0 saturated carbocycles. The quantitative estimate of drug-likeness (QED) is 0.0849. The summed E-state index contributed by atoms with van der Waals surface area (Å²) >= 11 is 0. The predicted octanol–water partition coefficient (Wildman–Crippen LogP) is 10.7. The van der Waals surface area contributed by atoms with E-state index in [1.807, 2.05) is 62.4 Å². The Labute approximate surface area is 356 Å². The Morgan fingerprint density at radius 2 is 1.50 bits per heavy atom. The van der Waals surface area contributed by atoms with Crippen LogP contribution in [0.3, 0.4) is 0 Å². The Hall–Kier alpha value is -5.48. The number of anilines is 1. The number of fused-ring (bicyclic) bond motifs is 2. The molecule has 0 spiro atoms. The van der Waals surface area contributed by atoms with Crippen molar-refractivity contribution < 1.29 is 33.4 Å². The monoisotopic (exact) mass is 821 g/mol. The number of aromatic hydroxyl groups is 1. The van der Waals surface area contributed by atoms with Crippen LogP contribution in [-0.4, -0.2) is 71.2 Å². The van der Waals surface area contributed by atoms with Gasteiger partial charge in [0.05, 0.1) is 12.6 Å². The normalized spacial score (nSPS) is 13.2. The molecular formula is C50H64FN3O6. The van der Waals surface area contributed by atoms with E-state index in [4.69, 9.17) is 9.47 Å². The fraction of sp³-hybridized carbons (Fsp3) is 0.420. The largest absolute Gasteiger partial charge is 0.508 e. The van der Waals surface area contributed by atoms with Crippen LogP contribution < -0.4 is 14.8 Å². The molecule has 0 saturated heterocycles. The van der Waals surface area contributed by atoms with E-state index in [1.54, 1.807) is 29.2 Å². The molecule has 10 heteroatoms. The van der Waals surface area contributed by atoms with Crippen LogP contribution in [0.15, 0.2) is 84.9 Å². The molecule has 1 heterocycles. The minimum Gasteiger partial charge on any atom is -0.508 e. The average Bonchev–Trinajstić information content (AvgIpc) is 3.76. The lowest BCUT2D eigenvalue weighted by atomic mass is 10.0. The molecule has 4 aromatic carbocycles. The van der Waals surface area contributed by atoms with Crippen LogP contribution >= 0.6 is 0 Å². The standard InChI is InChI=1S/C24H21FO3.C24H37N3O3.C2H6/c1-2-13-27-20-8-10-21(11-9-20)28-24-22-12-7-19(26)14-17(22)15-23(24)16-3-5-18(25)6-4-16;1-5-13-26(14-6-2)15-7-12-25-21-9-10-22-20(16-21)17-27(24(22)30)23(19(4)29)11-8-18(3)28;1-2/h3-12,14,26H,2,13,15H2,1H3;9-10,16,23,25H,5-8,11-15,17H2,1-4H3;1-2H3. The van der Waals surface area contributed by atoms with Crippen molar-refractivity contribution in [2.75, 3.05) is 38.1 Å². The highest BCUT2D eigenvalue weighted by molar-refractivity contribution is 6.01. The zero-order valence-electron chi connectivity index (χ0n) is 36.6. The van der Waals surface area contributed by atoms with Gasteiger partial charge < -0.3 is 34.5 Å². The van der Waals surface area contributed by atoms with Crippen molar-refractivity contribution in [3.8, 4) is 17.2 Å². The molecule has 1 aliphatic heterocycles. The number of ketones is 2. The fourth-order valence-electron chi connectivity index (χ4n) is 7.45. The van der Waals surface area contributed by atoms with Crippen molar-refractivity contribution in [2.45, 2.75) is 106 Å². The summed E-state index contributed by atoms with van der Waals surface area (Å²) < 4.78 is 25.2. The van der Waals surface area contributed by atoms with Crippen LogP contribution in [0.5, 0.6) is 17.2 Å². The van der Waals surface area contributed by atoms with Gasteiger partial charge in [-0.25, -0.2) is 4.39 Å². The molecule has 322 valence electrons. The fourth-order valence-corrected chi connectivity index (χ4v) is 7.45. The summed E-state index contributed by atoms with van der Waals surface area (Å²) in [5, 5.41) is 13.3. The van der Waals surface area contributed by atoms with E-state index in [1.165, 1.54) is 38.8 Å². The third kappa shape index (κ3) is 13.3. The third-order valence-electron chi connectivity index (χ3n) is 10.3. The van der Waals surface area contributed by atoms with Crippen molar-refractivity contribution >= 4 is 34.5 Å². The van der Waals surface area contributed by atoms with E-state index in [2.05, 4.69) is 31.0 Å². The maximum Gasteiger partial charge on any atom is 0.255 e. The number of phenolic OH excluding ortho intramolecular Hbond substituents is 1. The number of nitrogens with one attached hydrogen (secondary N) is 1. The first kappa shape index (κ1) is 47.2. The van der Waals surface area contributed by atoms with Crippen LogP contribution in [0.2, 0.25) is 0 Å². The van der Waals surface area contributed by atoms with Crippen LogP contribution in [0.25, 0.3) is 11.3 Å². The first-order valence-electron chi connectivity index (χ1n) is 21.6. The number of amides is 1. The number of hydrogen-bond donors (Lipinski definition) is 2. The Morgan fingerprint density at radius 1 is 0.833 bits per heavy atom. The lowest BCUT2D eigenvalue weighted by Gasteiger charge is -2.25. The number of hydrogen-bond acceptors (Lipinski definition) is 8. The smallest absolute Gasteiger partial charge is 0.255 e. The van der Waals surface area contributed by atoms with Gasteiger partial charge in [-0.15, -0.1) is 0 Å². The minimum atomic E-state index is -0.534. The average molecular weight is 822 g/mol. The molecule has 1 unspecified atom stereocenters.